The van der Waals surface area contributed by atoms with Crippen LogP contribution in [0.15, 0.2) is 0 Å². The van der Waals surface area contributed by atoms with Gasteiger partial charge in [-0.25, -0.2) is 0 Å². The van der Waals surface area contributed by atoms with Crippen LogP contribution in [-0.2, 0) is 15.0 Å². The van der Waals surface area contributed by atoms with Crippen LogP contribution in [0.4, 0.5) is 0 Å². The number of nitrogens with zero attached hydrogens (tertiary/aromatic N) is 2. The van der Waals surface area contributed by atoms with Crippen LogP contribution in [-0.4, -0.2) is 55.7 Å². The third kappa shape index (κ3) is 4.20. The van der Waals surface area contributed by atoms with Crippen molar-refractivity contribution in [3.8, 4) is 0 Å². The smallest absolute Gasteiger partial charge is 0.281 e. The molecule has 1 rings (SSSR count). The zero-order chi connectivity index (χ0) is 17.0. The van der Waals surface area contributed by atoms with E-state index >= 15 is 0 Å². The maximum Gasteiger partial charge on any atom is 0.281 e. The number of hydrogen-bond acceptors (Lipinski definition) is 3. The molecule has 0 bridgehead atoms. The summed E-state index contributed by atoms with van der Waals surface area (Å²) in [5, 5.41) is 3.18. The summed E-state index contributed by atoms with van der Waals surface area (Å²) in [5.41, 5.74) is -0.167. The van der Waals surface area contributed by atoms with Crippen molar-refractivity contribution < 1.29 is 13.2 Å². The predicted molar refractivity (Wildman–Crippen MR) is 88.7 cm³/mol. The fourth-order valence-electron chi connectivity index (χ4n) is 2.98. The molecule has 1 atom stereocenters. The van der Waals surface area contributed by atoms with Gasteiger partial charge in [-0.15, -0.1) is 0 Å². The van der Waals surface area contributed by atoms with E-state index in [2.05, 4.69) is 26.1 Å². The first-order chi connectivity index (χ1) is 10.2. The van der Waals surface area contributed by atoms with Crippen LogP contribution in [0.25, 0.3) is 0 Å². The zero-order valence-corrected chi connectivity index (χ0v) is 15.4. The highest BCUT2D eigenvalue weighted by Gasteiger charge is 2.35. The SMILES string of the molecule is CCC(CC)(CC)NC(=O)[C@H]1CCCN(S(=O)(=O)N(C)C)C1. The Morgan fingerprint density at radius 3 is 2.23 bits per heavy atom. The second kappa shape index (κ2) is 7.75. The van der Waals surface area contributed by atoms with Crippen molar-refractivity contribution >= 4 is 16.1 Å². The summed E-state index contributed by atoms with van der Waals surface area (Å²) in [7, 11) is -0.394. The Kier molecular flexibility index (Phi) is 6.83. The van der Waals surface area contributed by atoms with E-state index in [0.717, 1.165) is 32.1 Å². The molecular weight excluding hydrogens is 302 g/mol. The van der Waals surface area contributed by atoms with E-state index in [1.165, 1.54) is 22.7 Å². The lowest BCUT2D eigenvalue weighted by Crippen LogP contribution is -2.53. The average Bonchev–Trinajstić information content (AvgIpc) is 2.52. The molecule has 0 aromatic rings. The molecule has 0 saturated carbocycles. The van der Waals surface area contributed by atoms with Crippen LogP contribution in [0.1, 0.15) is 52.9 Å². The lowest BCUT2D eigenvalue weighted by molar-refractivity contribution is -0.128. The summed E-state index contributed by atoms with van der Waals surface area (Å²) in [6, 6.07) is 0. The summed E-state index contributed by atoms with van der Waals surface area (Å²) < 4.78 is 27.1. The van der Waals surface area contributed by atoms with Gasteiger partial charge in [-0.3, -0.25) is 4.79 Å². The van der Waals surface area contributed by atoms with Gasteiger partial charge in [-0.1, -0.05) is 20.8 Å². The molecule has 1 aliphatic heterocycles. The van der Waals surface area contributed by atoms with Crippen molar-refractivity contribution in [2.24, 2.45) is 5.92 Å². The highest BCUT2D eigenvalue weighted by atomic mass is 32.2. The molecule has 1 saturated heterocycles. The van der Waals surface area contributed by atoms with Gasteiger partial charge in [0.1, 0.15) is 0 Å². The number of nitrogens with one attached hydrogen (secondary N) is 1. The number of piperidine rings is 1. The molecule has 1 fully saturated rings. The van der Waals surface area contributed by atoms with Crippen LogP contribution in [0.2, 0.25) is 0 Å². The Morgan fingerprint density at radius 2 is 1.77 bits per heavy atom. The van der Waals surface area contributed by atoms with E-state index in [9.17, 15) is 13.2 Å². The van der Waals surface area contributed by atoms with E-state index in [1.807, 2.05) is 0 Å². The fraction of sp³-hybridized carbons (Fsp3) is 0.933. The Labute approximate surface area is 135 Å². The summed E-state index contributed by atoms with van der Waals surface area (Å²) in [6.07, 6.45) is 4.13. The molecular formula is C15H31N3O3S. The molecule has 130 valence electrons. The Hall–Kier alpha value is -0.660. The summed E-state index contributed by atoms with van der Waals surface area (Å²) in [6.45, 7) is 7.01. The lowest BCUT2D eigenvalue weighted by Gasteiger charge is -2.37. The monoisotopic (exact) mass is 333 g/mol. The first-order valence-electron chi connectivity index (χ1n) is 8.22. The van der Waals surface area contributed by atoms with Gasteiger partial charge in [0.2, 0.25) is 5.91 Å². The standard InChI is InChI=1S/C15H31N3O3S/c1-6-15(7-2,8-3)16-14(19)13-10-9-11-18(12-13)22(20,21)17(4)5/h13H,6-12H2,1-5H3,(H,16,19)/t13-/m0/s1. The Balaban J connectivity index is 2.79. The molecule has 1 heterocycles. The van der Waals surface area contributed by atoms with Crippen molar-refractivity contribution in [1.82, 2.24) is 13.9 Å². The van der Waals surface area contributed by atoms with Crippen molar-refractivity contribution in [2.75, 3.05) is 27.2 Å². The van der Waals surface area contributed by atoms with E-state index in [-0.39, 0.29) is 23.9 Å². The second-order valence-electron chi connectivity index (χ2n) is 6.32. The predicted octanol–water partition coefficient (Wildman–Crippen LogP) is 1.59. The molecule has 1 N–H and O–H groups in total. The van der Waals surface area contributed by atoms with Gasteiger partial charge in [0.15, 0.2) is 0 Å². The number of amides is 1. The van der Waals surface area contributed by atoms with Crippen molar-refractivity contribution in [3.05, 3.63) is 0 Å². The minimum Gasteiger partial charge on any atom is -0.350 e. The Morgan fingerprint density at radius 1 is 1.23 bits per heavy atom. The number of hydrogen-bond donors (Lipinski definition) is 1. The van der Waals surface area contributed by atoms with Gasteiger partial charge in [-0.05, 0) is 32.1 Å². The lowest BCUT2D eigenvalue weighted by atomic mass is 9.88. The number of carbonyl (C=O) groups excluding carboxylic acids is 1. The van der Waals surface area contributed by atoms with Gasteiger partial charge < -0.3 is 5.32 Å². The van der Waals surface area contributed by atoms with Gasteiger partial charge >= 0.3 is 0 Å². The van der Waals surface area contributed by atoms with Crippen molar-refractivity contribution in [3.63, 3.8) is 0 Å². The van der Waals surface area contributed by atoms with Gasteiger partial charge in [0.05, 0.1) is 5.92 Å². The average molecular weight is 333 g/mol. The van der Waals surface area contributed by atoms with E-state index in [1.54, 1.807) is 0 Å². The van der Waals surface area contributed by atoms with Crippen LogP contribution in [0.3, 0.4) is 0 Å². The molecule has 0 aliphatic carbocycles. The maximum atomic E-state index is 12.6. The van der Waals surface area contributed by atoms with Crippen molar-refractivity contribution in [2.45, 2.75) is 58.4 Å². The van der Waals surface area contributed by atoms with E-state index < -0.39 is 10.2 Å². The third-order valence-corrected chi connectivity index (χ3v) is 6.87. The van der Waals surface area contributed by atoms with Crippen LogP contribution in [0.5, 0.6) is 0 Å². The topological polar surface area (TPSA) is 69.7 Å². The number of carbonyl (C=O) groups is 1. The molecule has 0 radical (unpaired) electrons. The maximum absolute atomic E-state index is 12.6. The summed E-state index contributed by atoms with van der Waals surface area (Å²) >= 11 is 0. The Bertz CT molecular complexity index is 464. The van der Waals surface area contributed by atoms with Crippen LogP contribution >= 0.6 is 0 Å². The first kappa shape index (κ1) is 19.4. The van der Waals surface area contributed by atoms with Crippen molar-refractivity contribution in [1.29, 1.82) is 0 Å². The van der Waals surface area contributed by atoms with Crippen LogP contribution < -0.4 is 5.32 Å². The minimum absolute atomic E-state index is 0.00999. The van der Waals surface area contributed by atoms with E-state index in [4.69, 9.17) is 0 Å². The molecule has 0 aromatic heterocycles. The molecule has 7 heteroatoms. The molecule has 22 heavy (non-hydrogen) atoms. The molecule has 0 spiro atoms. The van der Waals surface area contributed by atoms with Gasteiger partial charge in [0, 0.05) is 32.7 Å². The summed E-state index contributed by atoms with van der Waals surface area (Å²) in [5.74, 6) is -0.267. The third-order valence-electron chi connectivity index (χ3n) is 4.96. The highest BCUT2D eigenvalue weighted by Crippen LogP contribution is 2.24. The zero-order valence-electron chi connectivity index (χ0n) is 14.6. The van der Waals surface area contributed by atoms with Crippen LogP contribution in [0, 0.1) is 5.92 Å². The number of rotatable bonds is 7. The first-order valence-corrected chi connectivity index (χ1v) is 9.61. The fourth-order valence-corrected chi connectivity index (χ4v) is 4.17. The highest BCUT2D eigenvalue weighted by molar-refractivity contribution is 7.86. The molecule has 0 unspecified atom stereocenters. The largest absolute Gasteiger partial charge is 0.350 e. The normalized spacial score (nSPS) is 21.1. The minimum atomic E-state index is -3.44. The van der Waals surface area contributed by atoms with Gasteiger partial charge in [0.25, 0.3) is 10.2 Å². The molecule has 1 aliphatic rings. The molecule has 6 nitrogen and oxygen atoms in total. The second-order valence-corrected chi connectivity index (χ2v) is 8.46. The van der Waals surface area contributed by atoms with E-state index in [0.29, 0.717) is 6.54 Å². The van der Waals surface area contributed by atoms with Gasteiger partial charge in [-0.2, -0.15) is 17.0 Å². The molecule has 1 amide bonds. The molecule has 0 aromatic carbocycles. The quantitative estimate of drug-likeness (QED) is 0.769. The summed E-state index contributed by atoms with van der Waals surface area (Å²) in [4.78, 5) is 12.6.